The monoisotopic (exact) mass is 506 g/mol. The van der Waals surface area contributed by atoms with Crippen LogP contribution in [-0.2, 0) is 4.79 Å². The summed E-state index contributed by atoms with van der Waals surface area (Å²) in [5.41, 5.74) is 5.12. The summed E-state index contributed by atoms with van der Waals surface area (Å²) in [7, 11) is 0. The standard InChI is InChI=1S/C24H19ClN6O3S/c1-16(18-6-5-9-21(14-18)31(33)34)26-27-22(32)15-35-24-29-28-23(17-10-12-19(25)13-11-17)30(24)20-7-3-2-4-8-20/h2-14H,15H2,1H3,(H,27,32)/b26-16+. The number of carbonyl (C=O) groups excluding carboxylic acids is 1. The number of halogens is 1. The maximum absolute atomic E-state index is 12.5. The van der Waals surface area contributed by atoms with Crippen molar-refractivity contribution in [1.82, 2.24) is 20.2 Å². The summed E-state index contributed by atoms with van der Waals surface area (Å²) in [6.45, 7) is 1.66. The Kier molecular flexibility index (Phi) is 7.54. The molecule has 1 heterocycles. The van der Waals surface area contributed by atoms with Crippen LogP contribution < -0.4 is 5.43 Å². The van der Waals surface area contributed by atoms with Crippen LogP contribution in [0.15, 0.2) is 89.1 Å². The summed E-state index contributed by atoms with van der Waals surface area (Å²) >= 11 is 7.24. The number of aromatic nitrogens is 3. The quantitative estimate of drug-likeness (QED) is 0.153. The highest BCUT2D eigenvalue weighted by Crippen LogP contribution is 2.28. The Hall–Kier alpha value is -4.02. The summed E-state index contributed by atoms with van der Waals surface area (Å²) < 4.78 is 1.87. The van der Waals surface area contributed by atoms with Crippen LogP contribution in [0.5, 0.6) is 0 Å². The number of thioether (sulfide) groups is 1. The van der Waals surface area contributed by atoms with Gasteiger partial charge >= 0.3 is 0 Å². The van der Waals surface area contributed by atoms with Crippen LogP contribution in [0.1, 0.15) is 12.5 Å². The molecule has 0 saturated carbocycles. The van der Waals surface area contributed by atoms with Gasteiger partial charge in [-0.1, -0.05) is 53.7 Å². The van der Waals surface area contributed by atoms with Crippen molar-refractivity contribution >= 4 is 40.7 Å². The van der Waals surface area contributed by atoms with Gasteiger partial charge in [0.15, 0.2) is 11.0 Å². The smallest absolute Gasteiger partial charge is 0.270 e. The zero-order valence-electron chi connectivity index (χ0n) is 18.5. The molecule has 35 heavy (non-hydrogen) atoms. The molecular weight excluding hydrogens is 488 g/mol. The maximum Gasteiger partial charge on any atom is 0.270 e. The van der Waals surface area contributed by atoms with E-state index in [1.54, 1.807) is 31.2 Å². The lowest BCUT2D eigenvalue weighted by Gasteiger charge is -2.10. The van der Waals surface area contributed by atoms with Gasteiger partial charge in [-0.05, 0) is 43.3 Å². The van der Waals surface area contributed by atoms with E-state index in [0.29, 0.717) is 27.3 Å². The van der Waals surface area contributed by atoms with Gasteiger partial charge in [-0.15, -0.1) is 10.2 Å². The number of carbonyl (C=O) groups is 1. The first-order valence-corrected chi connectivity index (χ1v) is 11.8. The lowest BCUT2D eigenvalue weighted by molar-refractivity contribution is -0.384. The molecule has 0 fully saturated rings. The largest absolute Gasteiger partial charge is 0.272 e. The van der Waals surface area contributed by atoms with E-state index < -0.39 is 4.92 Å². The van der Waals surface area contributed by atoms with Gasteiger partial charge in [0.25, 0.3) is 11.6 Å². The van der Waals surface area contributed by atoms with Gasteiger partial charge in [0, 0.05) is 34.0 Å². The Morgan fingerprint density at radius 3 is 2.54 bits per heavy atom. The lowest BCUT2D eigenvalue weighted by Crippen LogP contribution is -2.21. The van der Waals surface area contributed by atoms with E-state index in [1.165, 1.54) is 23.9 Å². The van der Waals surface area contributed by atoms with Gasteiger partial charge in [0.05, 0.1) is 16.4 Å². The van der Waals surface area contributed by atoms with E-state index in [0.717, 1.165) is 11.3 Å². The van der Waals surface area contributed by atoms with Crippen LogP contribution >= 0.6 is 23.4 Å². The van der Waals surface area contributed by atoms with Crippen molar-refractivity contribution in [2.75, 3.05) is 5.75 Å². The number of para-hydroxylation sites is 1. The molecule has 0 radical (unpaired) electrons. The second kappa shape index (κ2) is 10.9. The molecule has 1 aromatic heterocycles. The number of hydrogen-bond donors (Lipinski definition) is 1. The SMILES string of the molecule is C/C(=N\NC(=O)CSc1nnc(-c2ccc(Cl)cc2)n1-c1ccccc1)c1cccc([N+](=O)[O-])c1. The summed E-state index contributed by atoms with van der Waals surface area (Å²) in [4.78, 5) is 23.0. The number of hydrogen-bond acceptors (Lipinski definition) is 7. The molecule has 0 saturated heterocycles. The number of rotatable bonds is 8. The van der Waals surface area contributed by atoms with Crippen molar-refractivity contribution in [2.24, 2.45) is 5.10 Å². The summed E-state index contributed by atoms with van der Waals surface area (Å²) in [6, 6.07) is 22.9. The number of amides is 1. The molecule has 0 bridgehead atoms. The van der Waals surface area contributed by atoms with E-state index in [-0.39, 0.29) is 17.3 Å². The van der Waals surface area contributed by atoms with Gasteiger partial charge in [0.2, 0.25) is 0 Å². The van der Waals surface area contributed by atoms with Crippen molar-refractivity contribution in [2.45, 2.75) is 12.1 Å². The Morgan fingerprint density at radius 2 is 1.83 bits per heavy atom. The highest BCUT2D eigenvalue weighted by molar-refractivity contribution is 7.99. The number of hydrazone groups is 1. The Balaban J connectivity index is 1.50. The number of nitro groups is 1. The summed E-state index contributed by atoms with van der Waals surface area (Å²) in [5.74, 6) is 0.308. The van der Waals surface area contributed by atoms with Gasteiger partial charge < -0.3 is 0 Å². The molecule has 0 spiro atoms. The highest BCUT2D eigenvalue weighted by Gasteiger charge is 2.17. The van der Waals surface area contributed by atoms with Crippen LogP contribution in [-0.4, -0.2) is 37.1 Å². The van der Waals surface area contributed by atoms with Crippen LogP contribution in [0.3, 0.4) is 0 Å². The van der Waals surface area contributed by atoms with E-state index in [1.807, 2.05) is 47.0 Å². The normalized spacial score (nSPS) is 11.3. The molecule has 0 unspecified atom stereocenters. The van der Waals surface area contributed by atoms with Gasteiger partial charge in [0.1, 0.15) is 0 Å². The minimum Gasteiger partial charge on any atom is -0.272 e. The molecule has 0 aliphatic carbocycles. The molecule has 1 N–H and O–H groups in total. The molecule has 9 nitrogen and oxygen atoms in total. The maximum atomic E-state index is 12.5. The fourth-order valence-electron chi connectivity index (χ4n) is 3.18. The molecule has 0 aliphatic rings. The van der Waals surface area contributed by atoms with Crippen molar-refractivity contribution in [3.05, 3.63) is 99.6 Å². The van der Waals surface area contributed by atoms with Gasteiger partial charge in [-0.2, -0.15) is 5.10 Å². The first-order valence-electron chi connectivity index (χ1n) is 10.4. The zero-order valence-corrected chi connectivity index (χ0v) is 20.0. The van der Waals surface area contributed by atoms with Crippen LogP contribution in [0, 0.1) is 10.1 Å². The second-order valence-electron chi connectivity index (χ2n) is 7.31. The van der Waals surface area contributed by atoms with E-state index in [4.69, 9.17) is 11.6 Å². The third kappa shape index (κ3) is 5.92. The van der Waals surface area contributed by atoms with E-state index in [9.17, 15) is 14.9 Å². The van der Waals surface area contributed by atoms with E-state index in [2.05, 4.69) is 20.7 Å². The number of nitrogens with one attached hydrogen (secondary N) is 1. The average molecular weight is 507 g/mol. The number of nitro benzene ring substituents is 1. The van der Waals surface area contributed by atoms with Crippen LogP contribution in [0.4, 0.5) is 5.69 Å². The Morgan fingerprint density at radius 1 is 1.09 bits per heavy atom. The summed E-state index contributed by atoms with van der Waals surface area (Å²) in [6.07, 6.45) is 0. The third-order valence-corrected chi connectivity index (χ3v) is 6.09. The first kappa shape index (κ1) is 24.1. The van der Waals surface area contributed by atoms with Crippen molar-refractivity contribution in [3.8, 4) is 17.1 Å². The first-order chi connectivity index (χ1) is 16.9. The number of non-ortho nitro benzene ring substituents is 1. The minimum atomic E-state index is -0.479. The van der Waals surface area contributed by atoms with Gasteiger partial charge in [-0.25, -0.2) is 5.43 Å². The predicted octanol–water partition coefficient (Wildman–Crippen LogP) is 5.13. The van der Waals surface area contributed by atoms with Crippen molar-refractivity contribution in [3.63, 3.8) is 0 Å². The lowest BCUT2D eigenvalue weighted by atomic mass is 10.1. The molecule has 11 heteroatoms. The molecule has 4 rings (SSSR count). The predicted molar refractivity (Wildman–Crippen MR) is 136 cm³/mol. The van der Waals surface area contributed by atoms with Gasteiger partial charge in [-0.3, -0.25) is 19.5 Å². The molecule has 1 amide bonds. The molecular formula is C24H19ClN6O3S. The second-order valence-corrected chi connectivity index (χ2v) is 8.69. The summed E-state index contributed by atoms with van der Waals surface area (Å²) in [5, 5.41) is 24.8. The number of benzene rings is 3. The van der Waals surface area contributed by atoms with E-state index >= 15 is 0 Å². The zero-order chi connectivity index (χ0) is 24.8. The molecule has 176 valence electrons. The fraction of sp³-hybridized carbons (Fsp3) is 0.0833. The third-order valence-electron chi connectivity index (χ3n) is 4.91. The molecule has 4 aromatic rings. The molecule has 0 atom stereocenters. The average Bonchev–Trinajstić information content (AvgIpc) is 3.31. The van der Waals surface area contributed by atoms with Crippen molar-refractivity contribution < 1.29 is 9.72 Å². The minimum absolute atomic E-state index is 0.0390. The topological polar surface area (TPSA) is 115 Å². The Bertz CT molecular complexity index is 1390. The number of nitrogens with zero attached hydrogens (tertiary/aromatic N) is 5. The molecule has 0 aliphatic heterocycles. The highest BCUT2D eigenvalue weighted by atomic mass is 35.5. The Labute approximate surface area is 210 Å². The van der Waals surface area contributed by atoms with Crippen molar-refractivity contribution in [1.29, 1.82) is 0 Å². The fourth-order valence-corrected chi connectivity index (χ4v) is 4.05. The van der Waals surface area contributed by atoms with Crippen LogP contribution in [0.2, 0.25) is 5.02 Å². The molecule has 3 aromatic carbocycles. The van der Waals surface area contributed by atoms with Crippen LogP contribution in [0.25, 0.3) is 17.1 Å².